The molecule has 7 heteroatoms. The molecule has 27 heavy (non-hydrogen) atoms. The Morgan fingerprint density at radius 1 is 0.778 bits per heavy atom. The van der Waals surface area contributed by atoms with E-state index in [2.05, 4.69) is 0 Å². The van der Waals surface area contributed by atoms with Gasteiger partial charge in [0.2, 0.25) is 0 Å². The minimum absolute atomic E-state index is 0.0999. The van der Waals surface area contributed by atoms with Crippen LogP contribution in [0, 0.1) is 0 Å². The van der Waals surface area contributed by atoms with Crippen molar-refractivity contribution < 1.29 is 17.4 Å². The van der Waals surface area contributed by atoms with Crippen LogP contribution in [-0.4, -0.2) is 22.8 Å². The Labute approximate surface area is 159 Å². The largest absolute Gasteiger partial charge is 0.269 e. The summed E-state index contributed by atoms with van der Waals surface area (Å²) < 4.78 is 40.5. The van der Waals surface area contributed by atoms with Crippen LogP contribution in [0.3, 0.4) is 0 Å². The normalized spacial score (nSPS) is 18.1. The van der Waals surface area contributed by atoms with Gasteiger partial charge in [-0.3, -0.25) is 4.79 Å². The second kappa shape index (κ2) is 6.75. The van der Waals surface area contributed by atoms with Gasteiger partial charge >= 0.3 is 0 Å². The molecule has 3 aromatic carbocycles. The van der Waals surface area contributed by atoms with Crippen molar-refractivity contribution in [2.45, 2.75) is 21.2 Å². The summed E-state index contributed by atoms with van der Waals surface area (Å²) in [7, 11) is -5.95. The molecule has 1 amide bonds. The lowest BCUT2D eigenvalue weighted by molar-refractivity contribution is 0.0851. The second-order valence-electron chi connectivity index (χ2n) is 6.01. The maximum absolute atomic E-state index is 13.3. The summed E-state index contributed by atoms with van der Waals surface area (Å²) in [5.41, 5.74) is 0.816. The smallest absolute Gasteiger partial charge is 0.268 e. The lowest BCUT2D eigenvalue weighted by Crippen LogP contribution is -2.38. The number of hydrogen-bond donors (Lipinski definition) is 0. The molecular weight excluding hydrogens is 382 g/mol. The zero-order valence-electron chi connectivity index (χ0n) is 14.1. The molecule has 1 aliphatic heterocycles. The lowest BCUT2D eigenvalue weighted by Gasteiger charge is -2.27. The van der Waals surface area contributed by atoms with Crippen molar-refractivity contribution in [2.75, 3.05) is 0 Å². The molecule has 0 aliphatic carbocycles. The summed E-state index contributed by atoms with van der Waals surface area (Å²) in [6.45, 7) is -0.0999. The van der Waals surface area contributed by atoms with E-state index in [1.165, 1.54) is 18.2 Å². The number of sulfonamides is 1. The van der Waals surface area contributed by atoms with Crippen LogP contribution in [0.15, 0.2) is 93.5 Å². The van der Waals surface area contributed by atoms with Crippen LogP contribution in [-0.2, 0) is 27.4 Å². The van der Waals surface area contributed by atoms with Crippen LogP contribution < -0.4 is 0 Å². The average Bonchev–Trinajstić information content (AvgIpc) is 2.71. The Kier molecular flexibility index (Phi) is 4.41. The molecule has 0 N–H and O–H groups in total. The fourth-order valence-electron chi connectivity index (χ4n) is 3.01. The van der Waals surface area contributed by atoms with Gasteiger partial charge in [0.15, 0.2) is 0 Å². The topological polar surface area (TPSA) is 71.5 Å². The Hall–Kier alpha value is -2.77. The Morgan fingerprint density at radius 3 is 2.11 bits per heavy atom. The van der Waals surface area contributed by atoms with Gasteiger partial charge in [0, 0.05) is 0 Å². The van der Waals surface area contributed by atoms with Crippen LogP contribution in [0.1, 0.15) is 15.9 Å². The van der Waals surface area contributed by atoms with Crippen molar-refractivity contribution in [3.63, 3.8) is 0 Å². The van der Waals surface area contributed by atoms with Crippen molar-refractivity contribution in [3.8, 4) is 0 Å². The number of rotatable bonds is 2. The summed E-state index contributed by atoms with van der Waals surface area (Å²) in [4.78, 5) is 13.6. The van der Waals surface area contributed by atoms with Gasteiger partial charge in [-0.05, 0) is 29.8 Å². The molecule has 1 aliphatic rings. The van der Waals surface area contributed by atoms with E-state index >= 15 is 0 Å². The third-order valence-electron chi connectivity index (χ3n) is 4.33. The number of carbonyl (C=O) groups excluding carboxylic acids is 1. The minimum Gasteiger partial charge on any atom is -0.268 e. The number of amides is 1. The first kappa shape index (κ1) is 17.6. The highest BCUT2D eigenvalue weighted by Gasteiger charge is 2.37. The first-order valence-electron chi connectivity index (χ1n) is 8.21. The Balaban J connectivity index is 1.98. The van der Waals surface area contributed by atoms with Crippen molar-refractivity contribution >= 4 is 26.7 Å². The highest BCUT2D eigenvalue weighted by molar-refractivity contribution is 7.91. The van der Waals surface area contributed by atoms with Gasteiger partial charge in [0.25, 0.3) is 15.9 Å². The maximum atomic E-state index is 13.3. The molecule has 0 fully saturated rings. The molecular formula is C20H15NO4S2. The van der Waals surface area contributed by atoms with Crippen LogP contribution >= 0.6 is 0 Å². The number of carbonyl (C=O) groups is 1. The second-order valence-corrected chi connectivity index (χ2v) is 9.26. The summed E-state index contributed by atoms with van der Waals surface area (Å²) in [6.07, 6.45) is 0. The molecule has 1 unspecified atom stereocenters. The molecule has 4 rings (SSSR count). The number of nitrogens with zero attached hydrogens (tertiary/aromatic N) is 1. The molecule has 0 aromatic heterocycles. The van der Waals surface area contributed by atoms with Gasteiger partial charge in [-0.25, -0.2) is 16.9 Å². The molecule has 5 nitrogen and oxygen atoms in total. The van der Waals surface area contributed by atoms with E-state index in [1.54, 1.807) is 54.6 Å². The lowest BCUT2D eigenvalue weighted by atomic mass is 10.2. The predicted molar refractivity (Wildman–Crippen MR) is 101 cm³/mol. The van der Waals surface area contributed by atoms with Gasteiger partial charge in [0.1, 0.15) is 4.90 Å². The number of fused-ring (bicyclic) bond motifs is 2. The highest BCUT2D eigenvalue weighted by Crippen LogP contribution is 2.33. The third-order valence-corrected chi connectivity index (χ3v) is 7.76. The molecule has 1 atom stereocenters. The standard InChI is InChI=1S/C20H15NO4S2/c22-20-16-10-4-5-11-17(16)26(23)18-12-6-7-13-19(18)27(24,25)21(20)14-15-8-2-1-3-9-15/h1-13H,14H2. The maximum Gasteiger partial charge on any atom is 0.269 e. The molecule has 0 bridgehead atoms. The van der Waals surface area contributed by atoms with E-state index in [0.717, 1.165) is 4.31 Å². The van der Waals surface area contributed by atoms with E-state index < -0.39 is 26.7 Å². The fraction of sp³-hybridized carbons (Fsp3) is 0.0500. The van der Waals surface area contributed by atoms with E-state index in [9.17, 15) is 17.4 Å². The van der Waals surface area contributed by atoms with Gasteiger partial charge in [-0.15, -0.1) is 0 Å². The molecule has 0 saturated carbocycles. The quantitative estimate of drug-likeness (QED) is 0.666. The van der Waals surface area contributed by atoms with E-state index in [0.29, 0.717) is 10.5 Å². The fourth-order valence-corrected chi connectivity index (χ4v) is 6.24. The van der Waals surface area contributed by atoms with Gasteiger partial charge in [-0.2, -0.15) is 0 Å². The van der Waals surface area contributed by atoms with Crippen LogP contribution in [0.2, 0.25) is 0 Å². The number of hydrogen-bond acceptors (Lipinski definition) is 4. The van der Waals surface area contributed by atoms with E-state index in [1.807, 2.05) is 6.07 Å². The highest BCUT2D eigenvalue weighted by atomic mass is 32.2. The molecule has 1 heterocycles. The molecule has 0 spiro atoms. The first-order valence-corrected chi connectivity index (χ1v) is 10.8. The number of benzene rings is 3. The van der Waals surface area contributed by atoms with Crippen molar-refractivity contribution in [1.29, 1.82) is 0 Å². The first-order chi connectivity index (χ1) is 13.0. The SMILES string of the molecule is O=C1c2ccccc2S(=O)c2ccccc2S(=O)(=O)N1Cc1ccccc1. The molecule has 136 valence electrons. The van der Waals surface area contributed by atoms with Crippen molar-refractivity contribution in [1.82, 2.24) is 4.31 Å². The van der Waals surface area contributed by atoms with Crippen molar-refractivity contribution in [3.05, 3.63) is 90.0 Å². The Morgan fingerprint density at radius 2 is 1.37 bits per heavy atom. The zero-order valence-corrected chi connectivity index (χ0v) is 15.7. The zero-order chi connectivity index (χ0) is 19.0. The summed E-state index contributed by atoms with van der Waals surface area (Å²) >= 11 is 0. The van der Waals surface area contributed by atoms with E-state index in [-0.39, 0.29) is 21.9 Å². The van der Waals surface area contributed by atoms with Crippen LogP contribution in [0.5, 0.6) is 0 Å². The summed E-state index contributed by atoms with van der Waals surface area (Å²) in [5.74, 6) is -0.683. The third kappa shape index (κ3) is 2.98. The van der Waals surface area contributed by atoms with Gasteiger partial charge in [0.05, 0.1) is 32.7 Å². The van der Waals surface area contributed by atoms with Crippen LogP contribution in [0.25, 0.3) is 0 Å². The van der Waals surface area contributed by atoms with Gasteiger partial charge in [-0.1, -0.05) is 54.6 Å². The van der Waals surface area contributed by atoms with E-state index in [4.69, 9.17) is 0 Å². The minimum atomic E-state index is -4.17. The molecule has 3 aromatic rings. The molecule has 0 radical (unpaired) electrons. The average molecular weight is 397 g/mol. The summed E-state index contributed by atoms with van der Waals surface area (Å²) in [6, 6.07) is 21.5. The monoisotopic (exact) mass is 397 g/mol. The molecule has 0 saturated heterocycles. The van der Waals surface area contributed by atoms with Gasteiger partial charge < -0.3 is 0 Å². The van der Waals surface area contributed by atoms with Crippen LogP contribution in [0.4, 0.5) is 0 Å². The Bertz CT molecular complexity index is 1160. The van der Waals surface area contributed by atoms with Crippen molar-refractivity contribution in [2.24, 2.45) is 0 Å². The summed E-state index contributed by atoms with van der Waals surface area (Å²) in [5, 5.41) is 0. The predicted octanol–water partition coefficient (Wildman–Crippen LogP) is 3.20.